The highest BCUT2D eigenvalue weighted by Crippen LogP contribution is 1.81. The minimum atomic E-state index is -0.607. The number of aliphatic imine (C=N–C) groups is 1. The molecule has 0 bridgehead atoms. The van der Waals surface area contributed by atoms with Crippen molar-refractivity contribution >= 4 is 18.5 Å². The molecule has 0 unspecified atom stereocenters. The highest BCUT2D eigenvalue weighted by Gasteiger charge is 2.07. The van der Waals surface area contributed by atoms with Gasteiger partial charge in [0.15, 0.2) is 0 Å². The number of rotatable bonds is 1. The summed E-state index contributed by atoms with van der Waals surface area (Å²) in [6.45, 7) is 3.13. The average Bonchev–Trinajstić information content (AvgIpc) is 1.99. The summed E-state index contributed by atoms with van der Waals surface area (Å²) < 4.78 is 4.31. The van der Waals surface area contributed by atoms with Gasteiger partial charge in [-0.25, -0.2) is 9.79 Å². The van der Waals surface area contributed by atoms with Gasteiger partial charge in [0.25, 0.3) is 5.84 Å². The molecule has 0 aliphatic carbocycles. The van der Waals surface area contributed by atoms with Gasteiger partial charge in [0.1, 0.15) is 0 Å². The van der Waals surface area contributed by atoms with Crippen molar-refractivity contribution in [3.8, 4) is 0 Å². The summed E-state index contributed by atoms with van der Waals surface area (Å²) in [5.74, 6) is -0.686. The predicted octanol–water partition coefficient (Wildman–Crippen LogP) is -0.607. The summed E-state index contributed by atoms with van der Waals surface area (Å²) in [5, 5.41) is 3.48. The molecule has 0 aliphatic rings. The summed E-state index contributed by atoms with van der Waals surface area (Å²) in [5.41, 5.74) is 2.39. The van der Waals surface area contributed by atoms with E-state index in [4.69, 9.17) is 0 Å². The van der Waals surface area contributed by atoms with Gasteiger partial charge in [0.2, 0.25) is 0 Å². The largest absolute Gasteiger partial charge is 0.463 e. The van der Waals surface area contributed by atoms with E-state index in [1.165, 1.54) is 7.11 Å². The van der Waals surface area contributed by atoms with Crippen molar-refractivity contribution < 1.29 is 9.53 Å². The highest BCUT2D eigenvalue weighted by atomic mass is 16.5. The molecular formula is C5H9N3O2. The fraction of sp³-hybridized carbons (Fsp3) is 0.400. The fourth-order valence-corrected chi connectivity index (χ4v) is 0.343. The first-order valence-corrected chi connectivity index (χ1v) is 2.55. The van der Waals surface area contributed by atoms with Crippen LogP contribution in [-0.2, 0) is 9.53 Å². The Labute approximate surface area is 58.8 Å². The SMILES string of the molecule is C=N/C(=N\NC)C(=O)OC. The zero-order valence-electron chi connectivity index (χ0n) is 5.92. The lowest BCUT2D eigenvalue weighted by molar-refractivity contribution is -0.132. The lowest BCUT2D eigenvalue weighted by Crippen LogP contribution is -2.16. The zero-order valence-corrected chi connectivity index (χ0v) is 5.92. The van der Waals surface area contributed by atoms with Gasteiger partial charge in [-0.1, -0.05) is 0 Å². The van der Waals surface area contributed by atoms with Gasteiger partial charge < -0.3 is 10.2 Å². The van der Waals surface area contributed by atoms with Gasteiger partial charge in [-0.15, -0.1) is 0 Å². The van der Waals surface area contributed by atoms with Crippen LogP contribution in [0.15, 0.2) is 10.1 Å². The number of hydrogen-bond donors (Lipinski definition) is 1. The minimum absolute atomic E-state index is 0.0787. The number of carbonyl (C=O) groups is 1. The molecule has 10 heavy (non-hydrogen) atoms. The average molecular weight is 143 g/mol. The Morgan fingerprint density at radius 2 is 2.30 bits per heavy atom. The van der Waals surface area contributed by atoms with Crippen molar-refractivity contribution in [1.82, 2.24) is 5.43 Å². The van der Waals surface area contributed by atoms with Crippen LogP contribution < -0.4 is 5.43 Å². The Bertz CT molecular complexity index is 164. The molecule has 0 rings (SSSR count). The molecule has 0 amide bonds. The summed E-state index contributed by atoms with van der Waals surface area (Å²) in [6, 6.07) is 0. The molecule has 5 heteroatoms. The van der Waals surface area contributed by atoms with E-state index in [1.807, 2.05) is 0 Å². The lowest BCUT2D eigenvalue weighted by atomic mass is 10.6. The molecule has 0 heterocycles. The quantitative estimate of drug-likeness (QED) is 0.230. The number of ether oxygens (including phenoxy) is 1. The molecule has 0 aromatic rings. The van der Waals surface area contributed by atoms with Crippen LogP contribution in [0.4, 0.5) is 0 Å². The van der Waals surface area contributed by atoms with E-state index in [1.54, 1.807) is 7.05 Å². The standard InChI is InChI=1S/C5H9N3O2/c1-6-4(8-7-2)5(9)10-3/h7H,1H2,2-3H3/b8-4-. The maximum atomic E-state index is 10.6. The minimum Gasteiger partial charge on any atom is -0.463 e. The fourth-order valence-electron chi connectivity index (χ4n) is 0.343. The number of esters is 1. The van der Waals surface area contributed by atoms with Crippen molar-refractivity contribution in [1.29, 1.82) is 0 Å². The third-order valence-corrected chi connectivity index (χ3v) is 0.735. The van der Waals surface area contributed by atoms with Crippen molar-refractivity contribution in [3.63, 3.8) is 0 Å². The van der Waals surface area contributed by atoms with E-state index in [0.717, 1.165) is 0 Å². The third-order valence-electron chi connectivity index (χ3n) is 0.735. The Balaban J connectivity index is 4.20. The zero-order chi connectivity index (χ0) is 7.98. The smallest absolute Gasteiger partial charge is 0.377 e. The topological polar surface area (TPSA) is 63.0 Å². The Hall–Kier alpha value is -1.39. The van der Waals surface area contributed by atoms with Gasteiger partial charge in [0.05, 0.1) is 7.11 Å². The molecule has 0 aliphatic heterocycles. The van der Waals surface area contributed by atoms with Crippen LogP contribution in [0.1, 0.15) is 0 Å². The number of nitrogens with zero attached hydrogens (tertiary/aromatic N) is 2. The molecule has 56 valence electrons. The van der Waals surface area contributed by atoms with Crippen molar-refractivity contribution in [3.05, 3.63) is 0 Å². The molecule has 0 atom stereocenters. The second-order valence-corrected chi connectivity index (χ2v) is 1.31. The highest BCUT2D eigenvalue weighted by molar-refractivity contribution is 6.36. The Kier molecular flexibility index (Phi) is 3.86. The van der Waals surface area contributed by atoms with E-state index < -0.39 is 5.97 Å². The van der Waals surface area contributed by atoms with Crippen LogP contribution in [0.2, 0.25) is 0 Å². The number of carbonyl (C=O) groups excluding carboxylic acids is 1. The summed E-state index contributed by atoms with van der Waals surface area (Å²) in [7, 11) is 2.80. The molecule has 0 aromatic heterocycles. The first kappa shape index (κ1) is 8.61. The molecule has 0 fully saturated rings. The van der Waals surface area contributed by atoms with Gasteiger partial charge in [0, 0.05) is 7.05 Å². The second-order valence-electron chi connectivity index (χ2n) is 1.31. The van der Waals surface area contributed by atoms with E-state index >= 15 is 0 Å². The third kappa shape index (κ3) is 2.25. The van der Waals surface area contributed by atoms with Crippen LogP contribution in [0.5, 0.6) is 0 Å². The molecule has 0 aromatic carbocycles. The van der Waals surface area contributed by atoms with Gasteiger partial charge in [-0.3, -0.25) is 0 Å². The monoisotopic (exact) mass is 143 g/mol. The molecule has 1 N–H and O–H groups in total. The van der Waals surface area contributed by atoms with E-state index in [2.05, 4.69) is 27.0 Å². The number of hydrazone groups is 1. The van der Waals surface area contributed by atoms with Crippen LogP contribution in [0, 0.1) is 0 Å². The van der Waals surface area contributed by atoms with E-state index in [-0.39, 0.29) is 5.84 Å². The van der Waals surface area contributed by atoms with Crippen molar-refractivity contribution in [2.75, 3.05) is 14.2 Å². The maximum Gasteiger partial charge on any atom is 0.377 e. The predicted molar refractivity (Wildman–Crippen MR) is 38.1 cm³/mol. The van der Waals surface area contributed by atoms with Crippen LogP contribution in [0.25, 0.3) is 0 Å². The number of methoxy groups -OCH3 is 1. The first-order valence-electron chi connectivity index (χ1n) is 2.55. The first-order chi connectivity index (χ1) is 4.76. The van der Waals surface area contributed by atoms with Gasteiger partial charge in [-0.05, 0) is 6.72 Å². The number of hydrogen-bond acceptors (Lipinski definition) is 4. The lowest BCUT2D eigenvalue weighted by Gasteiger charge is -1.95. The van der Waals surface area contributed by atoms with E-state index in [9.17, 15) is 4.79 Å². The molecule has 0 radical (unpaired) electrons. The summed E-state index contributed by atoms with van der Waals surface area (Å²) >= 11 is 0. The molecule has 0 saturated carbocycles. The summed E-state index contributed by atoms with van der Waals surface area (Å²) in [4.78, 5) is 13.9. The number of nitrogens with one attached hydrogen (secondary N) is 1. The number of amidine groups is 1. The molecule has 5 nitrogen and oxygen atoms in total. The van der Waals surface area contributed by atoms with E-state index in [0.29, 0.717) is 0 Å². The van der Waals surface area contributed by atoms with Crippen molar-refractivity contribution in [2.45, 2.75) is 0 Å². The summed E-state index contributed by atoms with van der Waals surface area (Å²) in [6.07, 6.45) is 0. The van der Waals surface area contributed by atoms with Crippen molar-refractivity contribution in [2.24, 2.45) is 10.1 Å². The van der Waals surface area contributed by atoms with Crippen LogP contribution in [-0.4, -0.2) is 32.7 Å². The maximum absolute atomic E-state index is 10.6. The Morgan fingerprint density at radius 3 is 2.60 bits per heavy atom. The van der Waals surface area contributed by atoms with Gasteiger partial charge in [-0.2, -0.15) is 5.10 Å². The van der Waals surface area contributed by atoms with Gasteiger partial charge >= 0.3 is 5.97 Å². The second kappa shape index (κ2) is 4.49. The molecule has 0 spiro atoms. The normalized spacial score (nSPS) is 10.4. The van der Waals surface area contributed by atoms with Crippen LogP contribution in [0.3, 0.4) is 0 Å². The molecule has 0 saturated heterocycles. The van der Waals surface area contributed by atoms with Crippen LogP contribution >= 0.6 is 0 Å². The molecular weight excluding hydrogens is 134 g/mol. The Morgan fingerprint density at radius 1 is 1.70 bits per heavy atom.